The Labute approximate surface area is 97.8 Å². The van der Waals surface area contributed by atoms with Crippen molar-refractivity contribution in [1.29, 1.82) is 0 Å². The fourth-order valence-corrected chi connectivity index (χ4v) is 2.76. The average Bonchev–Trinajstić information content (AvgIpc) is 1.99. The Morgan fingerprint density at radius 2 is 1.81 bits per heavy atom. The summed E-state index contributed by atoms with van der Waals surface area (Å²) in [4.78, 5) is 11.1. The summed E-state index contributed by atoms with van der Waals surface area (Å²) in [5.41, 5.74) is -0.332. The van der Waals surface area contributed by atoms with Crippen LogP contribution in [-0.2, 0) is 19.6 Å². The molecule has 0 N–H and O–H groups in total. The van der Waals surface area contributed by atoms with E-state index in [1.807, 2.05) is 20.8 Å². The number of hydrogen-bond donors (Lipinski definition) is 0. The van der Waals surface area contributed by atoms with E-state index in [0.717, 1.165) is 4.31 Å². The molecule has 0 atom stereocenters. The molecule has 0 radical (unpaired) electrons. The van der Waals surface area contributed by atoms with E-state index in [9.17, 15) is 13.2 Å². The van der Waals surface area contributed by atoms with Gasteiger partial charge in [0.15, 0.2) is 0 Å². The standard InChI is InChI=1S/C10H21NO4S/c1-6-15-9(12)7-11(5)16(13,14)8-10(2,3)4/h6-8H2,1-5H3. The van der Waals surface area contributed by atoms with Crippen molar-refractivity contribution in [1.82, 2.24) is 4.31 Å². The number of carbonyl (C=O) groups excluding carboxylic acids is 1. The molecule has 0 aliphatic rings. The van der Waals surface area contributed by atoms with Gasteiger partial charge in [-0.05, 0) is 12.3 Å². The van der Waals surface area contributed by atoms with Gasteiger partial charge < -0.3 is 4.74 Å². The van der Waals surface area contributed by atoms with E-state index in [1.165, 1.54) is 7.05 Å². The van der Waals surface area contributed by atoms with Crippen molar-refractivity contribution in [2.75, 3.05) is 26.0 Å². The number of hydrogen-bond acceptors (Lipinski definition) is 4. The van der Waals surface area contributed by atoms with Crippen LogP contribution in [0.3, 0.4) is 0 Å². The van der Waals surface area contributed by atoms with Gasteiger partial charge >= 0.3 is 5.97 Å². The van der Waals surface area contributed by atoms with E-state index in [1.54, 1.807) is 6.92 Å². The second kappa shape index (κ2) is 5.63. The average molecular weight is 251 g/mol. The van der Waals surface area contributed by atoms with E-state index in [-0.39, 0.29) is 24.3 Å². The summed E-state index contributed by atoms with van der Waals surface area (Å²) in [6, 6.07) is 0. The zero-order chi connectivity index (χ0) is 13.0. The minimum absolute atomic E-state index is 0.00983. The molecule has 0 aromatic rings. The second-order valence-corrected chi connectivity index (χ2v) is 6.95. The Morgan fingerprint density at radius 1 is 1.31 bits per heavy atom. The van der Waals surface area contributed by atoms with Crippen LogP contribution < -0.4 is 0 Å². The van der Waals surface area contributed by atoms with Gasteiger partial charge in [0.1, 0.15) is 6.54 Å². The molecule has 5 nitrogen and oxygen atoms in total. The summed E-state index contributed by atoms with van der Waals surface area (Å²) in [5, 5.41) is 0. The predicted molar refractivity (Wildman–Crippen MR) is 62.5 cm³/mol. The molecule has 0 heterocycles. The van der Waals surface area contributed by atoms with Gasteiger partial charge in [0.2, 0.25) is 10.0 Å². The molecule has 0 saturated carbocycles. The summed E-state index contributed by atoms with van der Waals surface area (Å²) in [5.74, 6) is -0.516. The lowest BCUT2D eigenvalue weighted by Crippen LogP contribution is -2.37. The van der Waals surface area contributed by atoms with Crippen LogP contribution in [0.4, 0.5) is 0 Å². The van der Waals surface area contributed by atoms with Crippen molar-refractivity contribution in [3.63, 3.8) is 0 Å². The Hall–Kier alpha value is -0.620. The van der Waals surface area contributed by atoms with Gasteiger partial charge in [-0.2, -0.15) is 4.31 Å². The van der Waals surface area contributed by atoms with Crippen molar-refractivity contribution in [3.8, 4) is 0 Å². The highest BCUT2D eigenvalue weighted by Gasteiger charge is 2.27. The predicted octanol–water partition coefficient (Wildman–Crippen LogP) is 0.857. The highest BCUT2D eigenvalue weighted by atomic mass is 32.2. The molecule has 0 spiro atoms. The molecule has 0 aromatic heterocycles. The molecule has 6 heteroatoms. The normalized spacial score (nSPS) is 12.9. The Morgan fingerprint density at radius 3 is 2.19 bits per heavy atom. The van der Waals surface area contributed by atoms with Crippen LogP contribution in [-0.4, -0.2) is 44.6 Å². The second-order valence-electron chi connectivity index (χ2n) is 4.88. The molecule has 0 rings (SSSR count). The lowest BCUT2D eigenvalue weighted by Gasteiger charge is -2.23. The fourth-order valence-electron chi connectivity index (χ4n) is 1.14. The largest absolute Gasteiger partial charge is 0.465 e. The van der Waals surface area contributed by atoms with E-state index < -0.39 is 16.0 Å². The van der Waals surface area contributed by atoms with Crippen LogP contribution in [0.25, 0.3) is 0 Å². The summed E-state index contributed by atoms with van der Waals surface area (Å²) in [6.45, 7) is 7.22. The van der Waals surface area contributed by atoms with Crippen molar-refractivity contribution >= 4 is 16.0 Å². The highest BCUT2D eigenvalue weighted by molar-refractivity contribution is 7.89. The number of rotatable bonds is 5. The maximum atomic E-state index is 11.8. The molecule has 0 bridgehead atoms. The maximum Gasteiger partial charge on any atom is 0.321 e. The van der Waals surface area contributed by atoms with Gasteiger partial charge in [-0.3, -0.25) is 4.79 Å². The molecule has 0 fully saturated rings. The number of esters is 1. The molecule has 0 aromatic carbocycles. The summed E-state index contributed by atoms with van der Waals surface area (Å²) < 4.78 is 29.3. The van der Waals surface area contributed by atoms with Crippen LogP contribution in [0.2, 0.25) is 0 Å². The third-order valence-corrected chi connectivity index (χ3v) is 4.06. The van der Waals surface area contributed by atoms with Crippen molar-refractivity contribution in [2.24, 2.45) is 5.41 Å². The van der Waals surface area contributed by atoms with Crippen LogP contribution in [0.5, 0.6) is 0 Å². The third kappa shape index (κ3) is 6.07. The summed E-state index contributed by atoms with van der Waals surface area (Å²) in [7, 11) is -2.01. The zero-order valence-corrected chi connectivity index (χ0v) is 11.4. The first-order valence-corrected chi connectivity index (χ1v) is 6.79. The molecule has 0 aliphatic heterocycles. The number of nitrogens with zero attached hydrogens (tertiary/aromatic N) is 1. The first-order chi connectivity index (χ1) is 7.08. The molecular weight excluding hydrogens is 230 g/mol. The number of sulfonamides is 1. The highest BCUT2D eigenvalue weighted by Crippen LogP contribution is 2.17. The van der Waals surface area contributed by atoms with Gasteiger partial charge in [-0.25, -0.2) is 8.42 Å². The Bertz CT molecular complexity index is 329. The molecule has 16 heavy (non-hydrogen) atoms. The van der Waals surface area contributed by atoms with Gasteiger partial charge in [-0.15, -0.1) is 0 Å². The minimum atomic E-state index is -3.40. The van der Waals surface area contributed by atoms with Gasteiger partial charge in [0.25, 0.3) is 0 Å². The molecule has 0 saturated heterocycles. The Balaban J connectivity index is 4.48. The van der Waals surface area contributed by atoms with Crippen LogP contribution in [0, 0.1) is 5.41 Å². The lowest BCUT2D eigenvalue weighted by atomic mass is 10.0. The molecule has 0 amide bonds. The first-order valence-electron chi connectivity index (χ1n) is 5.18. The fraction of sp³-hybridized carbons (Fsp3) is 0.900. The van der Waals surface area contributed by atoms with Crippen LogP contribution in [0.15, 0.2) is 0 Å². The van der Waals surface area contributed by atoms with E-state index >= 15 is 0 Å². The number of ether oxygens (including phenoxy) is 1. The minimum Gasteiger partial charge on any atom is -0.465 e. The molecule has 96 valence electrons. The Kier molecular flexibility index (Phi) is 5.41. The van der Waals surface area contributed by atoms with Gasteiger partial charge in [0, 0.05) is 7.05 Å². The van der Waals surface area contributed by atoms with Gasteiger partial charge in [0.05, 0.1) is 12.4 Å². The topological polar surface area (TPSA) is 63.7 Å². The van der Waals surface area contributed by atoms with Crippen molar-refractivity contribution in [3.05, 3.63) is 0 Å². The zero-order valence-electron chi connectivity index (χ0n) is 10.6. The molecule has 0 aliphatic carbocycles. The molecule has 0 unspecified atom stereocenters. The smallest absolute Gasteiger partial charge is 0.321 e. The summed E-state index contributed by atoms with van der Waals surface area (Å²) >= 11 is 0. The monoisotopic (exact) mass is 251 g/mol. The van der Waals surface area contributed by atoms with Gasteiger partial charge in [-0.1, -0.05) is 20.8 Å². The number of carbonyl (C=O) groups is 1. The first kappa shape index (κ1) is 15.4. The maximum absolute atomic E-state index is 11.8. The van der Waals surface area contributed by atoms with Crippen LogP contribution in [0.1, 0.15) is 27.7 Å². The van der Waals surface area contributed by atoms with E-state index in [0.29, 0.717) is 0 Å². The third-order valence-electron chi connectivity index (χ3n) is 1.75. The van der Waals surface area contributed by atoms with Crippen molar-refractivity contribution in [2.45, 2.75) is 27.7 Å². The van der Waals surface area contributed by atoms with E-state index in [2.05, 4.69) is 0 Å². The molecular formula is C10H21NO4S. The van der Waals surface area contributed by atoms with Crippen molar-refractivity contribution < 1.29 is 17.9 Å². The SMILES string of the molecule is CCOC(=O)CN(C)S(=O)(=O)CC(C)(C)C. The number of likely N-dealkylation sites (N-methyl/N-ethyl adjacent to an activating group) is 1. The van der Waals surface area contributed by atoms with Crippen LogP contribution >= 0.6 is 0 Å². The lowest BCUT2D eigenvalue weighted by molar-refractivity contribution is -0.143. The van der Waals surface area contributed by atoms with E-state index in [4.69, 9.17) is 4.74 Å². The quantitative estimate of drug-likeness (QED) is 0.680. The summed E-state index contributed by atoms with van der Waals surface area (Å²) in [6.07, 6.45) is 0.